The highest BCUT2D eigenvalue weighted by Crippen LogP contribution is 2.39. The first kappa shape index (κ1) is 18.5. The predicted molar refractivity (Wildman–Crippen MR) is 106 cm³/mol. The van der Waals surface area contributed by atoms with E-state index in [0.717, 1.165) is 42.3 Å². The van der Waals surface area contributed by atoms with Gasteiger partial charge in [-0.15, -0.1) is 0 Å². The minimum absolute atomic E-state index is 0.142. The van der Waals surface area contributed by atoms with Gasteiger partial charge >= 0.3 is 0 Å². The van der Waals surface area contributed by atoms with Gasteiger partial charge in [0.15, 0.2) is 4.77 Å². The van der Waals surface area contributed by atoms with Gasteiger partial charge in [0.05, 0.1) is 13.0 Å². The Morgan fingerprint density at radius 2 is 1.93 bits per heavy atom. The average Bonchev–Trinajstić information content (AvgIpc) is 3.45. The molecule has 1 saturated heterocycles. The van der Waals surface area contributed by atoms with Gasteiger partial charge in [-0.25, -0.2) is 0 Å². The third-order valence-corrected chi connectivity index (χ3v) is 5.79. The zero-order valence-electron chi connectivity index (χ0n) is 15.1. The standard InChI is InChI=1S/C19H23ClN4O2S/c20-14-1-5-16(6-2-14)26-12-9-17(25)23-10-7-13(8-11-23)18-21-22-19(27)24(18)15-3-4-15/h1-2,5-6,13,15H,3-4,7-12H2,(H,22,27). The van der Waals surface area contributed by atoms with Crippen LogP contribution in [0.3, 0.4) is 0 Å². The molecule has 1 amide bonds. The van der Waals surface area contributed by atoms with Crippen LogP contribution >= 0.6 is 23.8 Å². The first-order valence-corrected chi connectivity index (χ1v) is 10.2. The van der Waals surface area contributed by atoms with Crippen molar-refractivity contribution in [3.8, 4) is 5.75 Å². The SMILES string of the molecule is O=C(CCOc1ccc(Cl)cc1)N1CCC(c2n[nH]c(=S)n2C2CC2)CC1. The number of benzene rings is 1. The number of amides is 1. The minimum atomic E-state index is 0.142. The number of carbonyl (C=O) groups excluding carboxylic acids is 1. The molecule has 144 valence electrons. The highest BCUT2D eigenvalue weighted by molar-refractivity contribution is 7.71. The van der Waals surface area contributed by atoms with Gasteiger partial charge in [0.25, 0.3) is 0 Å². The van der Waals surface area contributed by atoms with Crippen molar-refractivity contribution in [2.75, 3.05) is 19.7 Å². The zero-order chi connectivity index (χ0) is 18.8. The van der Waals surface area contributed by atoms with Gasteiger partial charge in [-0.3, -0.25) is 9.89 Å². The third-order valence-electron chi connectivity index (χ3n) is 5.25. The number of nitrogens with one attached hydrogen (secondary N) is 1. The van der Waals surface area contributed by atoms with E-state index < -0.39 is 0 Å². The van der Waals surface area contributed by atoms with E-state index in [1.807, 2.05) is 17.0 Å². The zero-order valence-corrected chi connectivity index (χ0v) is 16.6. The van der Waals surface area contributed by atoms with Crippen LogP contribution in [0.2, 0.25) is 5.02 Å². The summed E-state index contributed by atoms with van der Waals surface area (Å²) < 4.78 is 8.55. The van der Waals surface area contributed by atoms with Gasteiger partial charge in [-0.1, -0.05) is 11.6 Å². The van der Waals surface area contributed by atoms with Crippen molar-refractivity contribution in [1.29, 1.82) is 0 Å². The molecule has 0 radical (unpaired) electrons. The molecule has 27 heavy (non-hydrogen) atoms. The molecule has 0 spiro atoms. The third kappa shape index (κ3) is 4.35. The second kappa shape index (κ2) is 8.02. The topological polar surface area (TPSA) is 63.1 Å². The summed E-state index contributed by atoms with van der Waals surface area (Å²) in [6.45, 7) is 1.89. The molecule has 0 atom stereocenters. The summed E-state index contributed by atoms with van der Waals surface area (Å²) in [4.78, 5) is 14.4. The molecule has 1 saturated carbocycles. The Balaban J connectivity index is 1.26. The summed E-state index contributed by atoms with van der Waals surface area (Å²) in [7, 11) is 0. The molecular weight excluding hydrogens is 384 g/mol. The number of carbonyl (C=O) groups is 1. The van der Waals surface area contributed by atoms with Crippen molar-refractivity contribution < 1.29 is 9.53 Å². The fraction of sp³-hybridized carbons (Fsp3) is 0.526. The molecule has 2 aromatic rings. The van der Waals surface area contributed by atoms with Crippen LogP contribution < -0.4 is 4.74 Å². The van der Waals surface area contributed by atoms with Gasteiger partial charge in [0.1, 0.15) is 11.6 Å². The number of halogens is 1. The van der Waals surface area contributed by atoms with E-state index in [2.05, 4.69) is 14.8 Å². The monoisotopic (exact) mass is 406 g/mol. The maximum Gasteiger partial charge on any atom is 0.225 e. The van der Waals surface area contributed by atoms with E-state index in [9.17, 15) is 4.79 Å². The summed E-state index contributed by atoms with van der Waals surface area (Å²) in [5.74, 6) is 2.31. The van der Waals surface area contributed by atoms with Crippen LogP contribution in [0.15, 0.2) is 24.3 Å². The van der Waals surface area contributed by atoms with Gasteiger partial charge < -0.3 is 14.2 Å². The van der Waals surface area contributed by atoms with Crippen LogP contribution in [0.5, 0.6) is 5.75 Å². The molecule has 1 aliphatic heterocycles. The minimum Gasteiger partial charge on any atom is -0.493 e. The number of nitrogens with zero attached hydrogens (tertiary/aromatic N) is 3. The molecule has 0 unspecified atom stereocenters. The Labute approximate surface area is 168 Å². The van der Waals surface area contributed by atoms with Crippen molar-refractivity contribution in [1.82, 2.24) is 19.7 Å². The fourth-order valence-electron chi connectivity index (χ4n) is 3.62. The van der Waals surface area contributed by atoms with Crippen molar-refractivity contribution in [2.45, 2.75) is 44.1 Å². The number of piperidine rings is 1. The molecule has 1 N–H and O–H groups in total. The normalized spacial score (nSPS) is 17.9. The molecule has 1 aliphatic carbocycles. The van der Waals surface area contributed by atoms with E-state index in [4.69, 9.17) is 28.6 Å². The molecule has 2 aliphatic rings. The van der Waals surface area contributed by atoms with Crippen LogP contribution in [-0.2, 0) is 4.79 Å². The number of aromatic nitrogens is 3. The number of hydrogen-bond donors (Lipinski definition) is 1. The summed E-state index contributed by atoms with van der Waals surface area (Å²) >= 11 is 11.2. The van der Waals surface area contributed by atoms with Crippen molar-refractivity contribution in [3.63, 3.8) is 0 Å². The van der Waals surface area contributed by atoms with E-state index in [1.165, 1.54) is 12.8 Å². The number of rotatable bonds is 6. The Morgan fingerprint density at radius 3 is 2.59 bits per heavy atom. The summed E-state index contributed by atoms with van der Waals surface area (Å²) in [6.07, 6.45) is 4.61. The maximum atomic E-state index is 12.5. The van der Waals surface area contributed by atoms with Crippen molar-refractivity contribution >= 4 is 29.7 Å². The van der Waals surface area contributed by atoms with Gasteiger partial charge in [0.2, 0.25) is 5.91 Å². The lowest BCUT2D eigenvalue weighted by Gasteiger charge is -2.31. The Kier molecular flexibility index (Phi) is 5.50. The van der Waals surface area contributed by atoms with Crippen LogP contribution in [0, 0.1) is 4.77 Å². The molecule has 1 aromatic carbocycles. The molecule has 6 nitrogen and oxygen atoms in total. The molecule has 2 fully saturated rings. The van der Waals surface area contributed by atoms with E-state index in [-0.39, 0.29) is 5.91 Å². The second-order valence-electron chi connectivity index (χ2n) is 7.20. The van der Waals surface area contributed by atoms with Crippen LogP contribution in [0.25, 0.3) is 0 Å². The second-order valence-corrected chi connectivity index (χ2v) is 8.02. The molecule has 2 heterocycles. The smallest absolute Gasteiger partial charge is 0.225 e. The lowest BCUT2D eigenvalue weighted by molar-refractivity contribution is -0.132. The summed E-state index contributed by atoms with van der Waals surface area (Å²) in [5, 5.41) is 8.09. The Morgan fingerprint density at radius 1 is 1.22 bits per heavy atom. The number of H-pyrrole nitrogens is 1. The molecule has 0 bridgehead atoms. The van der Waals surface area contributed by atoms with Crippen LogP contribution in [-0.4, -0.2) is 45.3 Å². The maximum absolute atomic E-state index is 12.5. The van der Waals surface area contributed by atoms with Gasteiger partial charge in [-0.05, 0) is 62.2 Å². The molecule has 4 rings (SSSR count). The van der Waals surface area contributed by atoms with E-state index in [0.29, 0.717) is 30.0 Å². The number of ether oxygens (including phenoxy) is 1. The van der Waals surface area contributed by atoms with Crippen molar-refractivity contribution in [3.05, 3.63) is 39.9 Å². The largest absolute Gasteiger partial charge is 0.493 e. The highest BCUT2D eigenvalue weighted by atomic mass is 35.5. The summed E-state index contributed by atoms with van der Waals surface area (Å²) in [5.41, 5.74) is 0. The fourth-order valence-corrected chi connectivity index (χ4v) is 4.04. The van der Waals surface area contributed by atoms with Gasteiger partial charge in [0, 0.05) is 30.1 Å². The lowest BCUT2D eigenvalue weighted by atomic mass is 9.95. The molecule has 1 aromatic heterocycles. The molecule has 8 heteroatoms. The van der Waals surface area contributed by atoms with E-state index >= 15 is 0 Å². The quantitative estimate of drug-likeness (QED) is 0.733. The number of hydrogen-bond acceptors (Lipinski definition) is 4. The number of likely N-dealkylation sites (tertiary alicyclic amines) is 1. The average molecular weight is 407 g/mol. The summed E-state index contributed by atoms with van der Waals surface area (Å²) in [6, 6.07) is 7.70. The Hall–Kier alpha value is -1.86. The van der Waals surface area contributed by atoms with Crippen molar-refractivity contribution in [2.24, 2.45) is 0 Å². The highest BCUT2D eigenvalue weighted by Gasteiger charge is 2.32. The van der Waals surface area contributed by atoms with Gasteiger partial charge in [-0.2, -0.15) is 5.10 Å². The molecular formula is C19H23ClN4O2S. The van der Waals surface area contributed by atoms with E-state index in [1.54, 1.807) is 12.1 Å². The van der Waals surface area contributed by atoms with Crippen LogP contribution in [0.4, 0.5) is 0 Å². The lowest BCUT2D eigenvalue weighted by Crippen LogP contribution is -2.38. The number of aromatic amines is 1. The predicted octanol–water partition coefficient (Wildman–Crippen LogP) is 4.10. The first-order valence-electron chi connectivity index (χ1n) is 9.45. The first-order chi connectivity index (χ1) is 13.1. The Bertz CT molecular complexity index is 851. The van der Waals surface area contributed by atoms with Crippen LogP contribution in [0.1, 0.15) is 49.9 Å².